The predicted octanol–water partition coefficient (Wildman–Crippen LogP) is 3.74. The van der Waals surface area contributed by atoms with E-state index < -0.39 is 0 Å². The number of nitrogens with zero attached hydrogens (tertiary/aromatic N) is 2. The molecule has 1 atom stereocenters. The summed E-state index contributed by atoms with van der Waals surface area (Å²) in [6, 6.07) is 9.20. The molecule has 4 rings (SSSR count). The van der Waals surface area contributed by atoms with Gasteiger partial charge in [0.2, 0.25) is 0 Å². The van der Waals surface area contributed by atoms with Crippen LogP contribution in [-0.2, 0) is 6.42 Å². The van der Waals surface area contributed by atoms with Crippen molar-refractivity contribution in [3.05, 3.63) is 51.5 Å². The van der Waals surface area contributed by atoms with Crippen molar-refractivity contribution in [3.8, 4) is 0 Å². The molecule has 0 saturated heterocycles. The van der Waals surface area contributed by atoms with Crippen LogP contribution in [0.2, 0.25) is 0 Å². The van der Waals surface area contributed by atoms with E-state index in [0.29, 0.717) is 11.7 Å². The summed E-state index contributed by atoms with van der Waals surface area (Å²) in [5.74, 6) is 0.114. The lowest BCUT2D eigenvalue weighted by Gasteiger charge is -2.29. The number of aryl methyl sites for hydroxylation is 2. The van der Waals surface area contributed by atoms with Crippen molar-refractivity contribution >= 4 is 17.2 Å². The highest BCUT2D eigenvalue weighted by Crippen LogP contribution is 2.42. The quantitative estimate of drug-likeness (QED) is 0.864. The highest BCUT2D eigenvalue weighted by molar-refractivity contribution is 7.09. The van der Waals surface area contributed by atoms with Crippen molar-refractivity contribution < 1.29 is 4.79 Å². The maximum atomic E-state index is 12.9. The van der Waals surface area contributed by atoms with Gasteiger partial charge in [-0.25, -0.2) is 4.98 Å². The second-order valence-corrected chi connectivity index (χ2v) is 7.01. The summed E-state index contributed by atoms with van der Waals surface area (Å²) < 4.78 is 0. The molecule has 4 heteroatoms. The molecule has 0 radical (unpaired) electrons. The Balaban J connectivity index is 1.68. The standard InChI is InChI=1S/C17H18N2OS/c1-11-18-15(10-21-11)17(20)19(13-7-8-13)16-9-6-12-4-2-3-5-14(12)16/h2-5,10,13,16H,6-9H2,1H3. The second-order valence-electron chi connectivity index (χ2n) is 5.95. The summed E-state index contributed by atoms with van der Waals surface area (Å²) in [7, 11) is 0. The van der Waals surface area contributed by atoms with Gasteiger partial charge in [0.25, 0.3) is 5.91 Å². The number of hydrogen-bond acceptors (Lipinski definition) is 3. The van der Waals surface area contributed by atoms with Crippen LogP contribution in [0.3, 0.4) is 0 Å². The van der Waals surface area contributed by atoms with Crippen LogP contribution in [-0.4, -0.2) is 21.8 Å². The summed E-state index contributed by atoms with van der Waals surface area (Å²) in [6.07, 6.45) is 4.39. The van der Waals surface area contributed by atoms with Crippen LogP contribution in [0.1, 0.15) is 51.9 Å². The monoisotopic (exact) mass is 298 g/mol. The molecule has 0 spiro atoms. The second kappa shape index (κ2) is 4.95. The van der Waals surface area contributed by atoms with Gasteiger partial charge >= 0.3 is 0 Å². The first-order valence-electron chi connectivity index (χ1n) is 7.56. The van der Waals surface area contributed by atoms with Crippen LogP contribution >= 0.6 is 11.3 Å². The van der Waals surface area contributed by atoms with Gasteiger partial charge in [-0.1, -0.05) is 24.3 Å². The number of carbonyl (C=O) groups is 1. The van der Waals surface area contributed by atoms with E-state index in [4.69, 9.17) is 0 Å². The van der Waals surface area contributed by atoms with E-state index in [-0.39, 0.29) is 11.9 Å². The molecule has 2 aliphatic rings. The number of carbonyl (C=O) groups excluding carboxylic acids is 1. The fourth-order valence-corrected chi connectivity index (χ4v) is 3.92. The SMILES string of the molecule is Cc1nc(C(=O)N(C2CC2)C2CCc3ccccc32)cs1. The molecular formula is C17H18N2OS. The van der Waals surface area contributed by atoms with E-state index in [1.54, 1.807) is 11.3 Å². The molecule has 3 nitrogen and oxygen atoms in total. The van der Waals surface area contributed by atoms with E-state index >= 15 is 0 Å². The summed E-state index contributed by atoms with van der Waals surface area (Å²) in [6.45, 7) is 1.95. The van der Waals surface area contributed by atoms with Crippen LogP contribution in [0.25, 0.3) is 0 Å². The van der Waals surface area contributed by atoms with Gasteiger partial charge in [0.05, 0.1) is 11.0 Å². The number of rotatable bonds is 3. The molecule has 108 valence electrons. The van der Waals surface area contributed by atoms with Crippen molar-refractivity contribution in [3.63, 3.8) is 0 Å². The number of thiazole rings is 1. The largest absolute Gasteiger partial charge is 0.327 e. The number of benzene rings is 1. The highest BCUT2D eigenvalue weighted by Gasteiger charge is 2.41. The third-order valence-corrected chi connectivity index (χ3v) is 5.22. The molecule has 1 fully saturated rings. The zero-order valence-corrected chi connectivity index (χ0v) is 12.9. The fraction of sp³-hybridized carbons (Fsp3) is 0.412. The average molecular weight is 298 g/mol. The lowest BCUT2D eigenvalue weighted by molar-refractivity contribution is 0.0652. The third kappa shape index (κ3) is 2.27. The van der Waals surface area contributed by atoms with E-state index in [1.165, 1.54) is 11.1 Å². The first kappa shape index (κ1) is 13.0. The van der Waals surface area contributed by atoms with Crippen molar-refractivity contribution in [2.45, 2.75) is 44.7 Å². The molecule has 1 aromatic heterocycles. The molecule has 2 aliphatic carbocycles. The minimum absolute atomic E-state index is 0.114. The minimum Gasteiger partial charge on any atom is -0.327 e. The smallest absolute Gasteiger partial charge is 0.274 e. The molecule has 1 amide bonds. The van der Waals surface area contributed by atoms with Gasteiger partial charge in [0.1, 0.15) is 5.69 Å². The molecule has 2 aromatic rings. The Hall–Kier alpha value is -1.68. The predicted molar refractivity (Wildman–Crippen MR) is 83.5 cm³/mol. The zero-order chi connectivity index (χ0) is 14.4. The fourth-order valence-electron chi connectivity index (χ4n) is 3.33. The molecule has 0 N–H and O–H groups in total. The van der Waals surface area contributed by atoms with Crippen LogP contribution < -0.4 is 0 Å². The Kier molecular flexibility index (Phi) is 3.07. The van der Waals surface area contributed by atoms with Gasteiger partial charge in [-0.3, -0.25) is 4.79 Å². The lowest BCUT2D eigenvalue weighted by atomic mass is 10.1. The number of hydrogen-bond donors (Lipinski definition) is 0. The minimum atomic E-state index is 0.114. The summed E-state index contributed by atoms with van der Waals surface area (Å²) in [5.41, 5.74) is 3.36. The number of fused-ring (bicyclic) bond motifs is 1. The van der Waals surface area contributed by atoms with Crippen molar-refractivity contribution in [2.75, 3.05) is 0 Å². The molecule has 1 aromatic carbocycles. The van der Waals surface area contributed by atoms with Gasteiger partial charge < -0.3 is 4.90 Å². The first-order chi connectivity index (χ1) is 10.2. The van der Waals surface area contributed by atoms with E-state index in [0.717, 1.165) is 30.7 Å². The van der Waals surface area contributed by atoms with E-state index in [2.05, 4.69) is 34.1 Å². The summed E-state index contributed by atoms with van der Waals surface area (Å²) >= 11 is 1.55. The number of aromatic nitrogens is 1. The molecule has 1 saturated carbocycles. The van der Waals surface area contributed by atoms with Gasteiger partial charge in [0, 0.05) is 11.4 Å². The van der Waals surface area contributed by atoms with Crippen LogP contribution in [0.15, 0.2) is 29.6 Å². The van der Waals surface area contributed by atoms with Crippen molar-refractivity contribution in [2.24, 2.45) is 0 Å². The van der Waals surface area contributed by atoms with Crippen molar-refractivity contribution in [1.82, 2.24) is 9.88 Å². The Labute approximate surface area is 128 Å². The van der Waals surface area contributed by atoms with Crippen LogP contribution in [0.5, 0.6) is 0 Å². The van der Waals surface area contributed by atoms with Crippen molar-refractivity contribution in [1.29, 1.82) is 0 Å². The molecule has 21 heavy (non-hydrogen) atoms. The molecule has 1 unspecified atom stereocenters. The zero-order valence-electron chi connectivity index (χ0n) is 12.1. The van der Waals surface area contributed by atoms with Crippen LogP contribution in [0.4, 0.5) is 0 Å². The van der Waals surface area contributed by atoms with Gasteiger partial charge in [0.15, 0.2) is 0 Å². The Morgan fingerprint density at radius 1 is 1.29 bits per heavy atom. The average Bonchev–Trinajstić information content (AvgIpc) is 3.08. The van der Waals surface area contributed by atoms with Gasteiger partial charge in [-0.05, 0) is 43.7 Å². The van der Waals surface area contributed by atoms with Gasteiger partial charge in [-0.15, -0.1) is 11.3 Å². The molecular weight excluding hydrogens is 280 g/mol. The van der Waals surface area contributed by atoms with E-state index in [9.17, 15) is 4.79 Å². The van der Waals surface area contributed by atoms with Crippen LogP contribution in [0, 0.1) is 6.92 Å². The Bertz CT molecular complexity index is 690. The maximum absolute atomic E-state index is 12.9. The topological polar surface area (TPSA) is 33.2 Å². The third-order valence-electron chi connectivity index (χ3n) is 4.45. The molecule has 0 aliphatic heterocycles. The van der Waals surface area contributed by atoms with Gasteiger partial charge in [-0.2, -0.15) is 0 Å². The highest BCUT2D eigenvalue weighted by atomic mass is 32.1. The molecule has 0 bridgehead atoms. The Morgan fingerprint density at radius 3 is 2.81 bits per heavy atom. The summed E-state index contributed by atoms with van der Waals surface area (Å²) in [4.78, 5) is 19.4. The summed E-state index contributed by atoms with van der Waals surface area (Å²) in [5, 5.41) is 2.86. The normalized spacial score (nSPS) is 20.3. The lowest BCUT2D eigenvalue weighted by Crippen LogP contribution is -2.36. The molecule has 1 heterocycles. The number of amides is 1. The van der Waals surface area contributed by atoms with E-state index in [1.807, 2.05) is 12.3 Å². The maximum Gasteiger partial charge on any atom is 0.274 e. The first-order valence-corrected chi connectivity index (χ1v) is 8.44. The Morgan fingerprint density at radius 2 is 2.10 bits per heavy atom.